The topological polar surface area (TPSA) is 105 Å². The Morgan fingerprint density at radius 1 is 0.393 bits per heavy atom. The number of aliphatic hydroxyl groups excluding tert-OH is 1. The van der Waals surface area contributed by atoms with E-state index < -0.39 is 20.0 Å². The number of carbonyl (C=O) groups is 1. The third kappa shape index (κ3) is 73.5. The number of phosphoric acid groups is 1. The number of unbranched alkanes of at least 4 members (excludes halogenated alkanes) is 52. The lowest BCUT2D eigenvalue weighted by atomic mass is 10.0. The Bertz CT molecular complexity index is 1640. The van der Waals surface area contributed by atoms with Crippen LogP contribution < -0.4 is 5.32 Å². The SMILES string of the molecule is CC/C=C\C/C=C\C/C=C\C/C=C\CCCCCCCCCCCCCCCCCCCCCCCCCCCCC(=O)NC(COP(=O)(O)OCC[N+](C)(C)C)C(O)/C=C/CCCCCCCCCCCCCCCCCCCCCCCCCCCC. The molecule has 0 aliphatic heterocycles. The van der Waals surface area contributed by atoms with Crippen LogP contribution >= 0.6 is 7.82 Å². The summed E-state index contributed by atoms with van der Waals surface area (Å²) in [4.78, 5) is 23.5. The molecule has 0 aliphatic rings. The van der Waals surface area contributed by atoms with Gasteiger partial charge in [-0.25, -0.2) is 4.57 Å². The van der Waals surface area contributed by atoms with E-state index in [0.29, 0.717) is 17.4 Å². The molecule has 0 bridgehead atoms. The van der Waals surface area contributed by atoms with Gasteiger partial charge in [-0.05, 0) is 57.8 Å². The number of hydrogen-bond donors (Lipinski definition) is 3. The molecule has 0 aromatic heterocycles. The second-order valence-electron chi connectivity index (χ2n) is 28.1. The zero-order valence-electron chi connectivity index (χ0n) is 60.2. The summed E-state index contributed by atoms with van der Waals surface area (Å²) in [5, 5.41) is 14.1. The Labute approximate surface area is 555 Å². The normalized spacial score (nSPS) is 13.8. The second-order valence-corrected chi connectivity index (χ2v) is 29.5. The monoisotopic (exact) mass is 1270 g/mol. The molecule has 9 heteroatoms. The highest BCUT2D eigenvalue weighted by Gasteiger charge is 2.28. The van der Waals surface area contributed by atoms with Gasteiger partial charge in [-0.3, -0.25) is 13.8 Å². The van der Waals surface area contributed by atoms with Crippen molar-refractivity contribution in [3.8, 4) is 0 Å². The molecule has 0 fully saturated rings. The first kappa shape index (κ1) is 87.2. The van der Waals surface area contributed by atoms with Gasteiger partial charge < -0.3 is 19.8 Å². The van der Waals surface area contributed by atoms with Gasteiger partial charge in [0.2, 0.25) is 5.91 Å². The Balaban J connectivity index is 3.94. The average Bonchev–Trinajstić information content (AvgIpc) is 3.55. The van der Waals surface area contributed by atoms with Crippen molar-refractivity contribution >= 4 is 13.7 Å². The number of phosphoric ester groups is 1. The standard InChI is InChI=1S/C80H153N2O6P/c1-6-8-10-12-14-16-18-20-22-24-26-28-30-32-34-36-37-38-39-40-41-42-43-44-45-46-48-50-52-54-56-58-60-62-64-66-68-70-72-74-80(84)81-78(77-88-89(85,86)87-76-75-82(3,4)5)79(83)73-71-69-67-65-63-61-59-57-55-53-51-49-47-35-33-31-29-27-25-23-21-19-17-15-13-11-9-7-2/h8,10,14,16,20,22,26,28,71,73,78-79,83H,6-7,9,11-13,15,17-19,21,23-25,27,29-70,72,74-77H2,1-5H3,(H-,81,84,85,86)/p+1/b10-8-,16-14-,22-20-,28-26-,73-71+. The molecule has 0 radical (unpaired) electrons. The van der Waals surface area contributed by atoms with Crippen LogP contribution in [0.3, 0.4) is 0 Å². The van der Waals surface area contributed by atoms with Crippen LogP contribution in [0.15, 0.2) is 60.8 Å². The van der Waals surface area contributed by atoms with Gasteiger partial charge >= 0.3 is 7.82 Å². The number of carbonyl (C=O) groups excluding carboxylic acids is 1. The van der Waals surface area contributed by atoms with E-state index in [9.17, 15) is 19.4 Å². The molecule has 0 saturated heterocycles. The van der Waals surface area contributed by atoms with E-state index in [2.05, 4.69) is 67.8 Å². The fraction of sp³-hybridized carbons (Fsp3) is 0.863. The molecule has 0 saturated carbocycles. The van der Waals surface area contributed by atoms with E-state index in [4.69, 9.17) is 9.05 Å². The van der Waals surface area contributed by atoms with Crippen LogP contribution in [-0.4, -0.2) is 73.4 Å². The summed E-state index contributed by atoms with van der Waals surface area (Å²) in [6.07, 6.45) is 98.4. The molecule has 1 amide bonds. The predicted molar refractivity (Wildman–Crippen MR) is 392 cm³/mol. The van der Waals surface area contributed by atoms with Crippen LogP contribution in [0.5, 0.6) is 0 Å². The minimum absolute atomic E-state index is 0.0633. The lowest BCUT2D eigenvalue weighted by Crippen LogP contribution is -2.45. The van der Waals surface area contributed by atoms with Crippen LogP contribution in [0.1, 0.15) is 393 Å². The Morgan fingerprint density at radius 2 is 0.674 bits per heavy atom. The number of allylic oxidation sites excluding steroid dienone is 9. The number of rotatable bonds is 73. The Kier molecular flexibility index (Phi) is 69.1. The number of hydrogen-bond acceptors (Lipinski definition) is 5. The number of nitrogens with zero attached hydrogens (tertiary/aromatic N) is 1. The van der Waals surface area contributed by atoms with Gasteiger partial charge in [0.25, 0.3) is 0 Å². The molecule has 89 heavy (non-hydrogen) atoms. The molecule has 0 aromatic rings. The molecule has 3 unspecified atom stereocenters. The largest absolute Gasteiger partial charge is 0.472 e. The average molecular weight is 1270 g/mol. The summed E-state index contributed by atoms with van der Waals surface area (Å²) in [7, 11) is 1.59. The van der Waals surface area contributed by atoms with Gasteiger partial charge in [-0.15, -0.1) is 0 Å². The fourth-order valence-corrected chi connectivity index (χ4v) is 12.7. The minimum Gasteiger partial charge on any atom is -0.387 e. The highest BCUT2D eigenvalue weighted by Crippen LogP contribution is 2.43. The van der Waals surface area contributed by atoms with Crippen molar-refractivity contribution in [2.24, 2.45) is 0 Å². The molecule has 524 valence electrons. The van der Waals surface area contributed by atoms with E-state index in [-0.39, 0.29) is 19.1 Å². The maximum atomic E-state index is 13.1. The third-order valence-electron chi connectivity index (χ3n) is 18.0. The molecule has 0 spiro atoms. The Morgan fingerprint density at radius 3 is 0.989 bits per heavy atom. The number of likely N-dealkylation sites (N-methyl/N-ethyl adjacent to an activating group) is 1. The molecule has 3 N–H and O–H groups in total. The quantitative estimate of drug-likeness (QED) is 0.0243. The van der Waals surface area contributed by atoms with Crippen molar-refractivity contribution in [2.75, 3.05) is 40.9 Å². The first-order chi connectivity index (χ1) is 43.5. The summed E-state index contributed by atoms with van der Waals surface area (Å²) in [6.45, 7) is 4.76. The number of nitrogens with one attached hydrogen (secondary N) is 1. The molecule has 0 rings (SSSR count). The van der Waals surface area contributed by atoms with Gasteiger partial charge in [0.1, 0.15) is 13.2 Å². The summed E-state index contributed by atoms with van der Waals surface area (Å²) in [6, 6.07) is -0.848. The van der Waals surface area contributed by atoms with Crippen molar-refractivity contribution in [2.45, 2.75) is 405 Å². The first-order valence-electron chi connectivity index (χ1n) is 39.2. The van der Waals surface area contributed by atoms with E-state index >= 15 is 0 Å². The third-order valence-corrected chi connectivity index (χ3v) is 19.0. The van der Waals surface area contributed by atoms with E-state index in [1.54, 1.807) is 6.08 Å². The molecule has 8 nitrogen and oxygen atoms in total. The molecular formula is C80H154N2O6P+. The van der Waals surface area contributed by atoms with Crippen molar-refractivity contribution in [1.29, 1.82) is 0 Å². The van der Waals surface area contributed by atoms with Gasteiger partial charge in [-0.1, -0.05) is 389 Å². The van der Waals surface area contributed by atoms with Crippen LogP contribution in [0, 0.1) is 0 Å². The predicted octanol–water partition coefficient (Wildman–Crippen LogP) is 25.5. The highest BCUT2D eigenvalue weighted by molar-refractivity contribution is 7.47. The maximum Gasteiger partial charge on any atom is 0.472 e. The van der Waals surface area contributed by atoms with Crippen LogP contribution in [0.2, 0.25) is 0 Å². The van der Waals surface area contributed by atoms with Crippen molar-refractivity contribution in [3.63, 3.8) is 0 Å². The lowest BCUT2D eigenvalue weighted by molar-refractivity contribution is -0.870. The van der Waals surface area contributed by atoms with Crippen LogP contribution in [0.25, 0.3) is 0 Å². The zero-order chi connectivity index (χ0) is 64.8. The lowest BCUT2D eigenvalue weighted by Gasteiger charge is -2.25. The van der Waals surface area contributed by atoms with Crippen molar-refractivity contribution in [1.82, 2.24) is 5.32 Å². The second kappa shape index (κ2) is 70.5. The van der Waals surface area contributed by atoms with Crippen molar-refractivity contribution in [3.05, 3.63) is 60.8 Å². The van der Waals surface area contributed by atoms with Gasteiger partial charge in [0.05, 0.1) is 39.9 Å². The first-order valence-corrected chi connectivity index (χ1v) is 40.7. The molecule has 0 aliphatic carbocycles. The van der Waals surface area contributed by atoms with E-state index in [1.807, 2.05) is 27.2 Å². The summed E-state index contributed by atoms with van der Waals surface area (Å²) in [5.41, 5.74) is 0. The van der Waals surface area contributed by atoms with E-state index in [1.165, 1.54) is 315 Å². The smallest absolute Gasteiger partial charge is 0.387 e. The number of quaternary nitrogens is 1. The molecule has 0 heterocycles. The van der Waals surface area contributed by atoms with Gasteiger partial charge in [0, 0.05) is 6.42 Å². The number of amides is 1. The molecular weight excluding hydrogens is 1120 g/mol. The Hall–Kier alpha value is -1.80. The summed E-state index contributed by atoms with van der Waals surface area (Å²) in [5.74, 6) is -0.168. The van der Waals surface area contributed by atoms with E-state index in [0.717, 1.165) is 57.8 Å². The zero-order valence-corrected chi connectivity index (χ0v) is 61.1. The van der Waals surface area contributed by atoms with Crippen LogP contribution in [0.4, 0.5) is 0 Å². The highest BCUT2D eigenvalue weighted by atomic mass is 31.2. The molecule has 3 atom stereocenters. The van der Waals surface area contributed by atoms with Crippen LogP contribution in [-0.2, 0) is 18.4 Å². The summed E-state index contributed by atoms with van der Waals surface area (Å²) < 4.78 is 23.9. The fourth-order valence-electron chi connectivity index (χ4n) is 12.0. The molecule has 0 aromatic carbocycles. The summed E-state index contributed by atoms with van der Waals surface area (Å²) >= 11 is 0. The maximum absolute atomic E-state index is 13.1. The van der Waals surface area contributed by atoms with Gasteiger partial charge in [-0.2, -0.15) is 0 Å². The van der Waals surface area contributed by atoms with Gasteiger partial charge in [0.15, 0.2) is 0 Å². The number of aliphatic hydroxyl groups is 1. The van der Waals surface area contributed by atoms with Crippen molar-refractivity contribution < 1.29 is 32.9 Å². The minimum atomic E-state index is -4.36.